The Balaban J connectivity index is 1.74. The molecule has 0 saturated carbocycles. The number of thioether (sulfide) groups is 1. The van der Waals surface area contributed by atoms with Gasteiger partial charge in [-0.1, -0.05) is 18.2 Å². The Kier molecular flexibility index (Phi) is 10.7. The van der Waals surface area contributed by atoms with Gasteiger partial charge in [-0.2, -0.15) is 0 Å². The number of ether oxygens (including phenoxy) is 2. The summed E-state index contributed by atoms with van der Waals surface area (Å²) in [7, 11) is 1.43. The van der Waals surface area contributed by atoms with E-state index in [2.05, 4.69) is 10.6 Å². The van der Waals surface area contributed by atoms with Crippen LogP contribution in [0, 0.1) is 0 Å². The van der Waals surface area contributed by atoms with Gasteiger partial charge in [0.05, 0.1) is 19.5 Å². The molecule has 3 N–H and O–H groups in total. The summed E-state index contributed by atoms with van der Waals surface area (Å²) in [5.74, 6) is -1.44. The number of methoxy groups -OCH3 is 1. The van der Waals surface area contributed by atoms with E-state index in [4.69, 9.17) is 9.47 Å². The quantitative estimate of drug-likeness (QED) is 0.131. The molecule has 0 aliphatic heterocycles. The number of carbonyl (C=O) groups is 4. The van der Waals surface area contributed by atoms with Gasteiger partial charge in [0.1, 0.15) is 23.6 Å². The summed E-state index contributed by atoms with van der Waals surface area (Å²) < 4.78 is 10.1. The summed E-state index contributed by atoms with van der Waals surface area (Å²) in [6.07, 6.45) is 1.18. The molecule has 39 heavy (non-hydrogen) atoms. The highest BCUT2D eigenvalue weighted by atomic mass is 32.2. The normalized spacial score (nSPS) is 10.9. The molecule has 0 atom stereocenters. The number of hydrogen-bond acceptors (Lipinski definition) is 8. The van der Waals surface area contributed by atoms with E-state index in [-0.39, 0.29) is 36.0 Å². The number of phenolic OH excluding ortho intramolecular Hbond substituents is 1. The predicted octanol–water partition coefficient (Wildman–Crippen LogP) is 4.42. The lowest BCUT2D eigenvalue weighted by atomic mass is 10.1. The summed E-state index contributed by atoms with van der Waals surface area (Å²) in [5.41, 5.74) is 1.25. The van der Waals surface area contributed by atoms with E-state index in [9.17, 15) is 24.3 Å². The van der Waals surface area contributed by atoms with Gasteiger partial charge in [0.15, 0.2) is 5.78 Å². The first kappa shape index (κ1) is 29.0. The van der Waals surface area contributed by atoms with Crippen LogP contribution >= 0.6 is 11.8 Å². The summed E-state index contributed by atoms with van der Waals surface area (Å²) in [4.78, 5) is 50.2. The van der Waals surface area contributed by atoms with Gasteiger partial charge in [0, 0.05) is 27.8 Å². The van der Waals surface area contributed by atoms with E-state index in [1.165, 1.54) is 37.1 Å². The molecule has 0 radical (unpaired) electrons. The molecular weight excluding hydrogens is 520 g/mol. The number of rotatable bonds is 12. The second-order valence-corrected chi connectivity index (χ2v) is 9.14. The summed E-state index contributed by atoms with van der Waals surface area (Å²) in [6.45, 7) is 1.90. The maximum atomic E-state index is 13.2. The standard InChI is InChI=1S/C29H28N2O7S/c1-3-38-27(34)17-23(33)18-39-24-13-10-21(11-14-24)30-29(36)25(31-28(35)19-7-5-4-6-8-19)15-20-9-12-22(32)16-26(20)37-2/h4-16,32H,3,17-18H2,1-2H3,(H,30,36)(H,31,35)/b25-15-. The number of Topliss-reactive ketones (excluding diaryl/α,β-unsaturated/α-hetero) is 1. The lowest BCUT2D eigenvalue weighted by molar-refractivity contribution is -0.145. The fourth-order valence-corrected chi connectivity index (χ4v) is 4.10. The second-order valence-electron chi connectivity index (χ2n) is 8.09. The molecule has 10 heteroatoms. The van der Waals surface area contributed by atoms with Crippen molar-refractivity contribution in [2.75, 3.05) is 24.8 Å². The third-order valence-electron chi connectivity index (χ3n) is 5.20. The number of esters is 1. The number of phenols is 1. The molecule has 0 unspecified atom stereocenters. The zero-order valence-electron chi connectivity index (χ0n) is 21.4. The molecule has 0 heterocycles. The van der Waals surface area contributed by atoms with Gasteiger partial charge in [-0.15, -0.1) is 11.8 Å². The third-order valence-corrected chi connectivity index (χ3v) is 6.28. The van der Waals surface area contributed by atoms with Crippen LogP contribution in [0.3, 0.4) is 0 Å². The van der Waals surface area contributed by atoms with Gasteiger partial charge in [-0.05, 0) is 61.5 Å². The van der Waals surface area contributed by atoms with E-state index in [0.29, 0.717) is 22.6 Å². The van der Waals surface area contributed by atoms with E-state index in [1.807, 2.05) is 0 Å². The van der Waals surface area contributed by atoms with E-state index in [1.54, 1.807) is 67.6 Å². The minimum absolute atomic E-state index is 0.0103. The highest BCUT2D eigenvalue weighted by molar-refractivity contribution is 8.00. The molecule has 3 aromatic carbocycles. The van der Waals surface area contributed by atoms with E-state index >= 15 is 0 Å². The average Bonchev–Trinajstić information content (AvgIpc) is 2.93. The first-order chi connectivity index (χ1) is 18.8. The number of carbonyl (C=O) groups excluding carboxylic acids is 4. The van der Waals surface area contributed by atoms with Crippen molar-refractivity contribution >= 4 is 47.1 Å². The van der Waals surface area contributed by atoms with Crippen molar-refractivity contribution < 1.29 is 33.8 Å². The molecular formula is C29H28N2O7S. The summed E-state index contributed by atoms with van der Waals surface area (Å²) in [6, 6.07) is 19.6. The molecule has 2 amide bonds. The van der Waals surface area contributed by atoms with Crippen LogP contribution in [-0.2, 0) is 19.1 Å². The first-order valence-electron chi connectivity index (χ1n) is 12.0. The summed E-state index contributed by atoms with van der Waals surface area (Å²) in [5, 5.41) is 15.2. The zero-order chi connectivity index (χ0) is 28.2. The largest absolute Gasteiger partial charge is 0.508 e. The van der Waals surface area contributed by atoms with Crippen molar-refractivity contribution in [1.82, 2.24) is 5.32 Å². The lowest BCUT2D eigenvalue weighted by Gasteiger charge is -2.13. The molecule has 0 aromatic heterocycles. The minimum atomic E-state index is -0.584. The third kappa shape index (κ3) is 9.04. The van der Waals surface area contributed by atoms with Crippen molar-refractivity contribution in [3.05, 3.63) is 89.6 Å². The molecule has 0 aliphatic rings. The average molecular weight is 549 g/mol. The molecule has 3 aromatic rings. The maximum Gasteiger partial charge on any atom is 0.313 e. The van der Waals surface area contributed by atoms with Crippen molar-refractivity contribution in [1.29, 1.82) is 0 Å². The van der Waals surface area contributed by atoms with Crippen LogP contribution in [0.5, 0.6) is 11.5 Å². The van der Waals surface area contributed by atoms with Crippen LogP contribution in [0.25, 0.3) is 6.08 Å². The predicted molar refractivity (Wildman–Crippen MR) is 149 cm³/mol. The van der Waals surface area contributed by atoms with Crippen LogP contribution in [0.4, 0.5) is 5.69 Å². The smallest absolute Gasteiger partial charge is 0.313 e. The molecule has 0 saturated heterocycles. The molecule has 0 aliphatic carbocycles. The van der Waals surface area contributed by atoms with Gasteiger partial charge in [-0.25, -0.2) is 0 Å². The Hall–Kier alpha value is -4.57. The first-order valence-corrected chi connectivity index (χ1v) is 12.9. The molecule has 0 spiro atoms. The van der Waals surface area contributed by atoms with Crippen LogP contribution in [0.1, 0.15) is 29.3 Å². The highest BCUT2D eigenvalue weighted by Crippen LogP contribution is 2.26. The Morgan fingerprint density at radius 1 is 0.974 bits per heavy atom. The molecule has 202 valence electrons. The SMILES string of the molecule is CCOC(=O)CC(=O)CSc1ccc(NC(=O)/C(=C/c2ccc(O)cc2OC)NC(=O)c2ccccc2)cc1. The number of benzene rings is 3. The molecule has 0 bridgehead atoms. The van der Waals surface area contributed by atoms with Crippen LogP contribution in [0.2, 0.25) is 0 Å². The number of aromatic hydroxyl groups is 1. The van der Waals surface area contributed by atoms with Crippen LogP contribution < -0.4 is 15.4 Å². The van der Waals surface area contributed by atoms with Crippen molar-refractivity contribution in [2.24, 2.45) is 0 Å². The number of amides is 2. The highest BCUT2D eigenvalue weighted by Gasteiger charge is 2.17. The van der Waals surface area contributed by atoms with E-state index < -0.39 is 17.8 Å². The number of nitrogens with one attached hydrogen (secondary N) is 2. The molecule has 3 rings (SSSR count). The second kappa shape index (κ2) is 14.4. The number of ketones is 1. The Bertz CT molecular complexity index is 1360. The fourth-order valence-electron chi connectivity index (χ4n) is 3.34. The van der Waals surface area contributed by atoms with Gasteiger partial charge in [0.2, 0.25) is 0 Å². The molecule has 9 nitrogen and oxygen atoms in total. The van der Waals surface area contributed by atoms with Gasteiger partial charge in [0.25, 0.3) is 11.8 Å². The van der Waals surface area contributed by atoms with Crippen LogP contribution in [0.15, 0.2) is 83.4 Å². The van der Waals surface area contributed by atoms with Gasteiger partial charge < -0.3 is 25.2 Å². The topological polar surface area (TPSA) is 131 Å². The minimum Gasteiger partial charge on any atom is -0.508 e. The number of anilines is 1. The van der Waals surface area contributed by atoms with Crippen LogP contribution in [-0.4, -0.2) is 48.1 Å². The van der Waals surface area contributed by atoms with Crippen molar-refractivity contribution in [3.63, 3.8) is 0 Å². The lowest BCUT2D eigenvalue weighted by Crippen LogP contribution is -2.30. The van der Waals surface area contributed by atoms with Crippen molar-refractivity contribution in [3.8, 4) is 11.5 Å². The van der Waals surface area contributed by atoms with Gasteiger partial charge in [-0.3, -0.25) is 19.2 Å². The Labute approximate surface area is 230 Å². The zero-order valence-corrected chi connectivity index (χ0v) is 22.2. The monoisotopic (exact) mass is 548 g/mol. The summed E-state index contributed by atoms with van der Waals surface area (Å²) >= 11 is 1.26. The maximum absolute atomic E-state index is 13.2. The Morgan fingerprint density at radius 3 is 2.36 bits per heavy atom. The van der Waals surface area contributed by atoms with Gasteiger partial charge >= 0.3 is 5.97 Å². The Morgan fingerprint density at radius 2 is 1.69 bits per heavy atom. The fraction of sp³-hybridized carbons (Fsp3) is 0.172. The van der Waals surface area contributed by atoms with Crippen molar-refractivity contribution in [2.45, 2.75) is 18.2 Å². The van der Waals surface area contributed by atoms with E-state index in [0.717, 1.165) is 4.90 Å². The molecule has 0 fully saturated rings. The number of hydrogen-bond donors (Lipinski definition) is 3.